The van der Waals surface area contributed by atoms with Crippen molar-refractivity contribution in [1.29, 1.82) is 0 Å². The van der Waals surface area contributed by atoms with Gasteiger partial charge >= 0.3 is 0 Å². The minimum atomic E-state index is 0.120. The minimum absolute atomic E-state index is 0.120. The van der Waals surface area contributed by atoms with Gasteiger partial charge in [0.2, 0.25) is 11.8 Å². The van der Waals surface area contributed by atoms with Crippen LogP contribution in [-0.2, 0) is 22.4 Å². The maximum atomic E-state index is 12.4. The van der Waals surface area contributed by atoms with E-state index in [-0.39, 0.29) is 11.8 Å². The average Bonchev–Trinajstić information content (AvgIpc) is 3.13. The molecule has 0 atom stereocenters. The Labute approximate surface area is 148 Å². The molecule has 1 N–H and O–H groups in total. The molecule has 0 radical (unpaired) electrons. The molecule has 2 heterocycles. The predicted molar refractivity (Wildman–Crippen MR) is 97.2 cm³/mol. The van der Waals surface area contributed by atoms with Gasteiger partial charge in [-0.3, -0.25) is 9.59 Å². The summed E-state index contributed by atoms with van der Waals surface area (Å²) >= 11 is 0. The Morgan fingerprint density at radius 3 is 2.36 bits per heavy atom. The van der Waals surface area contributed by atoms with E-state index in [1.165, 1.54) is 11.1 Å². The number of H-pyrrole nitrogens is 1. The van der Waals surface area contributed by atoms with Gasteiger partial charge in [0.25, 0.3) is 0 Å². The van der Waals surface area contributed by atoms with Crippen molar-refractivity contribution < 1.29 is 9.59 Å². The molecule has 132 valence electrons. The lowest BCUT2D eigenvalue weighted by Crippen LogP contribution is -2.51. The Hall–Kier alpha value is -2.56. The lowest BCUT2D eigenvalue weighted by atomic mass is 10.1. The van der Waals surface area contributed by atoms with Gasteiger partial charge in [-0.25, -0.2) is 0 Å². The Bertz CT molecular complexity index is 716. The van der Waals surface area contributed by atoms with E-state index in [0.717, 1.165) is 12.1 Å². The first kappa shape index (κ1) is 17.3. The van der Waals surface area contributed by atoms with Gasteiger partial charge in [-0.05, 0) is 31.0 Å². The summed E-state index contributed by atoms with van der Waals surface area (Å²) in [5, 5.41) is 0. The first-order valence-electron chi connectivity index (χ1n) is 8.85. The number of amides is 2. The molecule has 2 aromatic rings. The van der Waals surface area contributed by atoms with Crippen LogP contribution >= 0.6 is 0 Å². The Morgan fingerprint density at radius 1 is 1.00 bits per heavy atom. The lowest BCUT2D eigenvalue weighted by molar-refractivity contribution is -0.139. The number of hydrogen-bond acceptors (Lipinski definition) is 2. The van der Waals surface area contributed by atoms with Crippen LogP contribution in [0.1, 0.15) is 23.2 Å². The van der Waals surface area contributed by atoms with Crippen LogP contribution in [0.4, 0.5) is 0 Å². The molecule has 1 fully saturated rings. The number of aromatic nitrogens is 1. The van der Waals surface area contributed by atoms with Crippen molar-refractivity contribution in [2.75, 3.05) is 26.2 Å². The highest BCUT2D eigenvalue weighted by molar-refractivity contribution is 5.79. The fourth-order valence-electron chi connectivity index (χ4n) is 3.23. The van der Waals surface area contributed by atoms with Gasteiger partial charge in [-0.1, -0.05) is 29.8 Å². The SMILES string of the molecule is Cc1cccc(CCC(=O)N2CCN(C(=O)Cc3ccc[nH]3)CC2)c1. The first-order valence-corrected chi connectivity index (χ1v) is 8.85. The Morgan fingerprint density at radius 2 is 1.72 bits per heavy atom. The van der Waals surface area contributed by atoms with E-state index in [1.807, 2.05) is 34.2 Å². The molecule has 0 bridgehead atoms. The normalized spacial score (nSPS) is 14.6. The van der Waals surface area contributed by atoms with Crippen LogP contribution in [0, 0.1) is 6.92 Å². The second kappa shape index (κ2) is 8.01. The number of aryl methyl sites for hydroxylation is 2. The summed E-state index contributed by atoms with van der Waals surface area (Å²) in [4.78, 5) is 31.5. The maximum absolute atomic E-state index is 12.4. The second-order valence-corrected chi connectivity index (χ2v) is 6.62. The van der Waals surface area contributed by atoms with Crippen LogP contribution in [0.15, 0.2) is 42.6 Å². The van der Waals surface area contributed by atoms with Crippen LogP contribution in [0.3, 0.4) is 0 Å². The topological polar surface area (TPSA) is 56.4 Å². The van der Waals surface area contributed by atoms with Crippen LogP contribution in [-0.4, -0.2) is 52.8 Å². The smallest absolute Gasteiger partial charge is 0.228 e. The summed E-state index contributed by atoms with van der Waals surface area (Å²) in [7, 11) is 0. The molecule has 0 unspecified atom stereocenters. The summed E-state index contributed by atoms with van der Waals surface area (Å²) in [5.41, 5.74) is 3.36. The average molecular weight is 339 g/mol. The van der Waals surface area contributed by atoms with Crippen molar-refractivity contribution in [3.8, 4) is 0 Å². The molecular weight excluding hydrogens is 314 g/mol. The summed E-state index contributed by atoms with van der Waals surface area (Å²) in [5.74, 6) is 0.298. The van der Waals surface area contributed by atoms with Gasteiger partial charge in [0.05, 0.1) is 6.42 Å². The van der Waals surface area contributed by atoms with Crippen molar-refractivity contribution in [3.05, 3.63) is 59.4 Å². The number of rotatable bonds is 5. The molecule has 0 aliphatic carbocycles. The molecule has 5 heteroatoms. The number of nitrogens with one attached hydrogen (secondary N) is 1. The van der Waals surface area contributed by atoms with Crippen molar-refractivity contribution in [2.24, 2.45) is 0 Å². The monoisotopic (exact) mass is 339 g/mol. The summed E-state index contributed by atoms with van der Waals surface area (Å²) in [6.07, 6.45) is 3.52. The number of nitrogens with zero attached hydrogens (tertiary/aromatic N) is 2. The van der Waals surface area contributed by atoms with Crippen molar-refractivity contribution in [2.45, 2.75) is 26.2 Å². The summed E-state index contributed by atoms with van der Waals surface area (Å²) in [6, 6.07) is 12.1. The standard InChI is InChI=1S/C20H25N3O2/c1-16-4-2-5-17(14-16)7-8-19(24)22-10-12-23(13-11-22)20(25)15-18-6-3-9-21-18/h2-6,9,14,21H,7-8,10-13,15H2,1H3. The fraction of sp³-hybridized carbons (Fsp3) is 0.400. The largest absolute Gasteiger partial charge is 0.365 e. The van der Waals surface area contributed by atoms with Crippen LogP contribution in [0.5, 0.6) is 0 Å². The maximum Gasteiger partial charge on any atom is 0.228 e. The third-order valence-corrected chi connectivity index (χ3v) is 4.70. The quantitative estimate of drug-likeness (QED) is 0.908. The zero-order valence-electron chi connectivity index (χ0n) is 14.7. The molecule has 1 saturated heterocycles. The number of piperazine rings is 1. The molecule has 1 aromatic heterocycles. The molecule has 0 spiro atoms. The first-order chi connectivity index (χ1) is 12.1. The second-order valence-electron chi connectivity index (χ2n) is 6.62. The highest BCUT2D eigenvalue weighted by Gasteiger charge is 2.24. The molecule has 25 heavy (non-hydrogen) atoms. The molecule has 1 aliphatic heterocycles. The molecule has 1 aromatic carbocycles. The van der Waals surface area contributed by atoms with Crippen molar-refractivity contribution >= 4 is 11.8 Å². The third-order valence-electron chi connectivity index (χ3n) is 4.70. The summed E-state index contributed by atoms with van der Waals surface area (Å²) < 4.78 is 0. The summed E-state index contributed by atoms with van der Waals surface area (Å²) in [6.45, 7) is 4.56. The number of carbonyl (C=O) groups excluding carboxylic acids is 2. The molecule has 0 saturated carbocycles. The highest BCUT2D eigenvalue weighted by Crippen LogP contribution is 2.10. The molecular formula is C20H25N3O2. The Kier molecular flexibility index (Phi) is 5.53. The highest BCUT2D eigenvalue weighted by atomic mass is 16.2. The number of hydrogen-bond donors (Lipinski definition) is 1. The van der Waals surface area contributed by atoms with Gasteiger partial charge in [-0.15, -0.1) is 0 Å². The van der Waals surface area contributed by atoms with E-state index in [0.29, 0.717) is 39.0 Å². The molecule has 2 amide bonds. The van der Waals surface area contributed by atoms with Crippen molar-refractivity contribution in [3.63, 3.8) is 0 Å². The van der Waals surface area contributed by atoms with E-state index in [2.05, 4.69) is 30.1 Å². The van der Waals surface area contributed by atoms with Crippen molar-refractivity contribution in [1.82, 2.24) is 14.8 Å². The minimum Gasteiger partial charge on any atom is -0.365 e. The van der Waals surface area contributed by atoms with Gasteiger partial charge < -0.3 is 14.8 Å². The number of aromatic amines is 1. The predicted octanol–water partition coefficient (Wildman–Crippen LogP) is 2.17. The zero-order chi connectivity index (χ0) is 17.6. The van der Waals surface area contributed by atoms with E-state index in [9.17, 15) is 9.59 Å². The third kappa shape index (κ3) is 4.72. The van der Waals surface area contributed by atoms with E-state index in [4.69, 9.17) is 0 Å². The number of benzene rings is 1. The van der Waals surface area contributed by atoms with Gasteiger partial charge in [0.15, 0.2) is 0 Å². The van der Waals surface area contributed by atoms with E-state index >= 15 is 0 Å². The zero-order valence-corrected chi connectivity index (χ0v) is 14.7. The Balaban J connectivity index is 1.43. The van der Waals surface area contributed by atoms with E-state index < -0.39 is 0 Å². The lowest BCUT2D eigenvalue weighted by Gasteiger charge is -2.35. The molecule has 3 rings (SSSR count). The molecule has 1 aliphatic rings. The fourth-order valence-corrected chi connectivity index (χ4v) is 3.23. The molecule has 5 nitrogen and oxygen atoms in total. The van der Waals surface area contributed by atoms with Crippen LogP contribution < -0.4 is 0 Å². The van der Waals surface area contributed by atoms with Crippen LogP contribution in [0.25, 0.3) is 0 Å². The van der Waals surface area contributed by atoms with Crippen LogP contribution in [0.2, 0.25) is 0 Å². The van der Waals surface area contributed by atoms with Gasteiger partial charge in [-0.2, -0.15) is 0 Å². The van der Waals surface area contributed by atoms with Gasteiger partial charge in [0.1, 0.15) is 0 Å². The van der Waals surface area contributed by atoms with Gasteiger partial charge in [0, 0.05) is 44.5 Å². The number of carbonyl (C=O) groups is 2. The van der Waals surface area contributed by atoms with E-state index in [1.54, 1.807) is 0 Å².